The maximum Gasteiger partial charge on any atom is 0.261 e. The molecule has 0 aliphatic carbocycles. The molecule has 0 atom stereocenters. The molecule has 0 radical (unpaired) electrons. The van der Waals surface area contributed by atoms with E-state index in [1.165, 1.54) is 6.08 Å². The van der Waals surface area contributed by atoms with Gasteiger partial charge in [0.1, 0.15) is 5.56 Å². The van der Waals surface area contributed by atoms with Gasteiger partial charge in [0, 0.05) is 25.0 Å². The van der Waals surface area contributed by atoms with Gasteiger partial charge in [0.2, 0.25) is 11.8 Å². The molecule has 2 amide bonds. The maximum absolute atomic E-state index is 12.5. The zero-order valence-corrected chi connectivity index (χ0v) is 14.0. The van der Waals surface area contributed by atoms with Crippen LogP contribution in [0.5, 0.6) is 5.88 Å². The van der Waals surface area contributed by atoms with Crippen molar-refractivity contribution in [1.82, 2.24) is 9.88 Å². The molecular weight excluding hydrogens is 318 g/mol. The number of ether oxygens (including phenoxy) is 1. The quantitative estimate of drug-likeness (QED) is 0.852. The van der Waals surface area contributed by atoms with Crippen LogP contribution in [0.25, 0.3) is 0 Å². The maximum atomic E-state index is 12.5. The van der Waals surface area contributed by atoms with Gasteiger partial charge in [-0.15, -0.1) is 0 Å². The third-order valence-corrected chi connectivity index (χ3v) is 3.97. The molecule has 25 heavy (non-hydrogen) atoms. The summed E-state index contributed by atoms with van der Waals surface area (Å²) in [5.74, 6) is -0.0709. The van der Waals surface area contributed by atoms with Crippen LogP contribution >= 0.6 is 0 Å². The number of hydrogen-bond donors (Lipinski definition) is 1. The van der Waals surface area contributed by atoms with Crippen molar-refractivity contribution in [2.45, 2.75) is 20.0 Å². The first-order valence-corrected chi connectivity index (χ1v) is 8.04. The normalized spacial score (nSPS) is 12.4. The lowest BCUT2D eigenvalue weighted by Crippen LogP contribution is -2.22. The topological polar surface area (TPSA) is 71.5 Å². The Bertz CT molecular complexity index is 832. The van der Waals surface area contributed by atoms with Crippen LogP contribution in [0, 0.1) is 0 Å². The molecule has 2 heterocycles. The summed E-state index contributed by atoms with van der Waals surface area (Å²) in [5.41, 5.74) is 3.14. The predicted molar refractivity (Wildman–Crippen MR) is 94.3 cm³/mol. The Balaban J connectivity index is 1.76. The van der Waals surface area contributed by atoms with Crippen LogP contribution < -0.4 is 10.1 Å². The Morgan fingerprint density at radius 1 is 1.32 bits per heavy atom. The van der Waals surface area contributed by atoms with E-state index < -0.39 is 0 Å². The highest BCUT2D eigenvalue weighted by atomic mass is 16.5. The molecule has 0 bridgehead atoms. The number of fused-ring (bicyclic) bond motifs is 1. The van der Waals surface area contributed by atoms with Crippen LogP contribution in [-0.2, 0) is 17.9 Å². The van der Waals surface area contributed by atoms with E-state index in [-0.39, 0.29) is 11.8 Å². The lowest BCUT2D eigenvalue weighted by molar-refractivity contribution is -0.126. The lowest BCUT2D eigenvalue weighted by Gasteiger charge is -2.11. The van der Waals surface area contributed by atoms with Crippen molar-refractivity contribution in [3.8, 4) is 5.88 Å². The van der Waals surface area contributed by atoms with Gasteiger partial charge >= 0.3 is 0 Å². The summed E-state index contributed by atoms with van der Waals surface area (Å²) >= 11 is 0. The molecule has 0 saturated carbocycles. The number of rotatable bonds is 5. The molecule has 3 rings (SSSR count). The molecule has 0 fully saturated rings. The molecule has 1 aromatic heterocycles. The van der Waals surface area contributed by atoms with Crippen molar-refractivity contribution >= 4 is 17.5 Å². The van der Waals surface area contributed by atoms with Crippen molar-refractivity contribution < 1.29 is 14.3 Å². The first kappa shape index (κ1) is 16.7. The molecule has 1 aliphatic rings. The molecule has 0 unspecified atom stereocenters. The molecule has 1 N–H and O–H groups in total. The standard InChI is InChI=1S/C19H19N3O3/c1-3-17(23)22-11-13-7-8-15(10-14(13)12-22)21-18(24)16-6-5-9-20-19(16)25-4-2/h3,5-10H,1,4,11-12H2,2H3,(H,21,24). The molecular formula is C19H19N3O3. The number of benzene rings is 1. The average molecular weight is 337 g/mol. The highest BCUT2D eigenvalue weighted by molar-refractivity contribution is 6.05. The Kier molecular flexibility index (Phi) is 4.79. The average Bonchev–Trinajstić information content (AvgIpc) is 3.05. The van der Waals surface area contributed by atoms with Gasteiger partial charge in [-0.05, 0) is 48.4 Å². The summed E-state index contributed by atoms with van der Waals surface area (Å²) in [5, 5.41) is 2.86. The van der Waals surface area contributed by atoms with Crippen molar-refractivity contribution in [3.05, 3.63) is 65.9 Å². The minimum Gasteiger partial charge on any atom is -0.477 e. The Hall–Kier alpha value is -3.15. The van der Waals surface area contributed by atoms with Gasteiger partial charge in [-0.1, -0.05) is 12.6 Å². The molecule has 1 aliphatic heterocycles. The Morgan fingerprint density at radius 2 is 2.12 bits per heavy atom. The van der Waals surface area contributed by atoms with Crippen LogP contribution in [-0.4, -0.2) is 28.3 Å². The van der Waals surface area contributed by atoms with E-state index in [1.54, 1.807) is 23.2 Å². The predicted octanol–water partition coefficient (Wildman–Crippen LogP) is 2.76. The largest absolute Gasteiger partial charge is 0.477 e. The van der Waals surface area contributed by atoms with Gasteiger partial charge in [0.25, 0.3) is 5.91 Å². The molecule has 0 saturated heterocycles. The van der Waals surface area contributed by atoms with Crippen molar-refractivity contribution in [2.75, 3.05) is 11.9 Å². The molecule has 6 nitrogen and oxygen atoms in total. The zero-order chi connectivity index (χ0) is 17.8. The fourth-order valence-corrected chi connectivity index (χ4v) is 2.77. The van der Waals surface area contributed by atoms with E-state index in [0.717, 1.165) is 11.1 Å². The molecule has 1 aromatic carbocycles. The minimum atomic E-state index is -0.284. The van der Waals surface area contributed by atoms with Crippen LogP contribution in [0.15, 0.2) is 49.2 Å². The molecule has 128 valence electrons. The summed E-state index contributed by atoms with van der Waals surface area (Å²) < 4.78 is 5.40. The third kappa shape index (κ3) is 3.52. The number of nitrogens with zero attached hydrogens (tertiary/aromatic N) is 2. The van der Waals surface area contributed by atoms with Gasteiger partial charge in [-0.25, -0.2) is 4.98 Å². The summed E-state index contributed by atoms with van der Waals surface area (Å²) in [6.07, 6.45) is 2.90. The summed E-state index contributed by atoms with van der Waals surface area (Å²) in [7, 11) is 0. The van der Waals surface area contributed by atoms with Gasteiger partial charge in [0.15, 0.2) is 0 Å². The van der Waals surface area contributed by atoms with E-state index in [4.69, 9.17) is 4.74 Å². The number of pyridine rings is 1. The highest BCUT2D eigenvalue weighted by Gasteiger charge is 2.22. The van der Waals surface area contributed by atoms with Crippen molar-refractivity contribution in [1.29, 1.82) is 0 Å². The van der Waals surface area contributed by atoms with Crippen LogP contribution in [0.2, 0.25) is 0 Å². The molecule has 6 heteroatoms. The smallest absolute Gasteiger partial charge is 0.261 e. The Labute approximate surface area is 146 Å². The third-order valence-electron chi connectivity index (χ3n) is 3.97. The lowest BCUT2D eigenvalue weighted by atomic mass is 10.1. The number of aromatic nitrogens is 1. The zero-order valence-electron chi connectivity index (χ0n) is 14.0. The fraction of sp³-hybridized carbons (Fsp3) is 0.211. The van der Waals surface area contributed by atoms with Gasteiger partial charge < -0.3 is 15.0 Å². The second kappa shape index (κ2) is 7.17. The number of carbonyl (C=O) groups excluding carboxylic acids is 2. The van der Waals surface area contributed by atoms with Crippen LogP contribution in [0.1, 0.15) is 28.4 Å². The first-order chi connectivity index (χ1) is 12.1. The van der Waals surface area contributed by atoms with Gasteiger partial charge in [0.05, 0.1) is 6.61 Å². The van der Waals surface area contributed by atoms with E-state index >= 15 is 0 Å². The van der Waals surface area contributed by atoms with E-state index in [2.05, 4.69) is 16.9 Å². The number of carbonyl (C=O) groups is 2. The van der Waals surface area contributed by atoms with Crippen molar-refractivity contribution in [3.63, 3.8) is 0 Å². The SMILES string of the molecule is C=CC(=O)N1Cc2ccc(NC(=O)c3cccnc3OCC)cc2C1. The summed E-state index contributed by atoms with van der Waals surface area (Å²) in [4.78, 5) is 30.1. The van der Waals surface area contributed by atoms with E-state index in [9.17, 15) is 9.59 Å². The second-order valence-corrected chi connectivity index (χ2v) is 5.63. The molecule has 2 aromatic rings. The number of amides is 2. The minimum absolute atomic E-state index is 0.0986. The number of nitrogens with one attached hydrogen (secondary N) is 1. The van der Waals surface area contributed by atoms with Gasteiger partial charge in [-0.3, -0.25) is 9.59 Å². The van der Waals surface area contributed by atoms with Crippen LogP contribution in [0.3, 0.4) is 0 Å². The number of hydrogen-bond acceptors (Lipinski definition) is 4. The van der Waals surface area contributed by atoms with Crippen molar-refractivity contribution in [2.24, 2.45) is 0 Å². The van der Waals surface area contributed by atoms with Gasteiger partial charge in [-0.2, -0.15) is 0 Å². The summed E-state index contributed by atoms with van der Waals surface area (Å²) in [6, 6.07) is 9.01. The monoisotopic (exact) mass is 337 g/mol. The second-order valence-electron chi connectivity index (χ2n) is 5.63. The molecule has 0 spiro atoms. The van der Waals surface area contributed by atoms with E-state index in [0.29, 0.717) is 36.8 Å². The summed E-state index contributed by atoms with van der Waals surface area (Å²) in [6.45, 7) is 6.87. The van der Waals surface area contributed by atoms with Crippen LogP contribution in [0.4, 0.5) is 5.69 Å². The first-order valence-electron chi connectivity index (χ1n) is 8.04. The Morgan fingerprint density at radius 3 is 2.88 bits per heavy atom. The number of anilines is 1. The van der Waals surface area contributed by atoms with E-state index in [1.807, 2.05) is 25.1 Å². The fourth-order valence-electron chi connectivity index (χ4n) is 2.77. The highest BCUT2D eigenvalue weighted by Crippen LogP contribution is 2.26.